The molecule has 0 aliphatic carbocycles. The standard InChI is InChI=1S/C18H22BrClN2O/c1-13(9-21)10-22-11-14-3-2-4-15(7-14)12-23-18-6-5-16(20)8-17(18)19/h2-8,13,22H,9-12,21H2,1H3. The van der Waals surface area contributed by atoms with E-state index < -0.39 is 0 Å². The summed E-state index contributed by atoms with van der Waals surface area (Å²) in [5.74, 6) is 1.28. The molecule has 0 spiro atoms. The minimum Gasteiger partial charge on any atom is -0.488 e. The van der Waals surface area contributed by atoms with E-state index in [9.17, 15) is 0 Å². The number of ether oxygens (including phenoxy) is 1. The average Bonchev–Trinajstić information content (AvgIpc) is 2.54. The van der Waals surface area contributed by atoms with Crippen molar-refractivity contribution in [2.24, 2.45) is 11.7 Å². The molecule has 23 heavy (non-hydrogen) atoms. The van der Waals surface area contributed by atoms with Gasteiger partial charge in [-0.2, -0.15) is 0 Å². The average molecular weight is 398 g/mol. The van der Waals surface area contributed by atoms with Crippen molar-refractivity contribution in [2.75, 3.05) is 13.1 Å². The minimum absolute atomic E-state index is 0.490. The van der Waals surface area contributed by atoms with E-state index >= 15 is 0 Å². The predicted molar refractivity (Wildman–Crippen MR) is 99.9 cm³/mol. The fourth-order valence-corrected chi connectivity index (χ4v) is 2.93. The van der Waals surface area contributed by atoms with Crippen LogP contribution >= 0.6 is 27.5 Å². The van der Waals surface area contributed by atoms with Gasteiger partial charge in [0.2, 0.25) is 0 Å². The second kappa shape index (κ2) is 9.28. The lowest BCUT2D eigenvalue weighted by molar-refractivity contribution is 0.304. The summed E-state index contributed by atoms with van der Waals surface area (Å²) in [4.78, 5) is 0. The lowest BCUT2D eigenvalue weighted by Crippen LogP contribution is -2.25. The second-order valence-corrected chi connectivity index (χ2v) is 6.95. The maximum atomic E-state index is 5.94. The zero-order chi connectivity index (χ0) is 16.7. The summed E-state index contributed by atoms with van der Waals surface area (Å²) in [6.45, 7) is 5.13. The van der Waals surface area contributed by atoms with E-state index in [0.29, 0.717) is 24.1 Å². The Bertz CT molecular complexity index is 636. The first kappa shape index (κ1) is 18.3. The number of hydrogen-bond donors (Lipinski definition) is 2. The Hall–Kier alpha value is -1.07. The van der Waals surface area contributed by atoms with Gasteiger partial charge in [-0.3, -0.25) is 0 Å². The molecule has 2 rings (SSSR count). The maximum Gasteiger partial charge on any atom is 0.134 e. The van der Waals surface area contributed by atoms with Crippen LogP contribution in [-0.4, -0.2) is 13.1 Å². The number of rotatable bonds is 8. The Morgan fingerprint density at radius 2 is 2.00 bits per heavy atom. The summed E-state index contributed by atoms with van der Waals surface area (Å²) in [5.41, 5.74) is 8.00. The SMILES string of the molecule is CC(CN)CNCc1cccc(COc2ccc(Cl)cc2Br)c1. The molecule has 0 aliphatic heterocycles. The molecule has 0 bridgehead atoms. The Morgan fingerprint density at radius 3 is 2.74 bits per heavy atom. The highest BCUT2D eigenvalue weighted by Crippen LogP contribution is 2.28. The van der Waals surface area contributed by atoms with E-state index in [-0.39, 0.29) is 0 Å². The molecule has 0 fully saturated rings. The summed E-state index contributed by atoms with van der Waals surface area (Å²) in [7, 11) is 0. The van der Waals surface area contributed by atoms with Gasteiger partial charge in [-0.15, -0.1) is 0 Å². The van der Waals surface area contributed by atoms with Crippen molar-refractivity contribution in [3.05, 3.63) is 63.1 Å². The molecule has 1 atom stereocenters. The number of hydrogen-bond acceptors (Lipinski definition) is 3. The summed E-state index contributed by atoms with van der Waals surface area (Å²) in [6, 6.07) is 13.9. The molecule has 124 valence electrons. The normalized spacial score (nSPS) is 12.2. The summed E-state index contributed by atoms with van der Waals surface area (Å²) in [6.07, 6.45) is 0. The molecule has 3 N–H and O–H groups in total. The van der Waals surface area contributed by atoms with Crippen LogP contribution < -0.4 is 15.8 Å². The van der Waals surface area contributed by atoms with Gasteiger partial charge in [-0.1, -0.05) is 42.8 Å². The van der Waals surface area contributed by atoms with Crippen molar-refractivity contribution in [2.45, 2.75) is 20.1 Å². The fraction of sp³-hybridized carbons (Fsp3) is 0.333. The van der Waals surface area contributed by atoms with Gasteiger partial charge < -0.3 is 15.8 Å². The van der Waals surface area contributed by atoms with Crippen LogP contribution in [0.4, 0.5) is 0 Å². The third-order valence-electron chi connectivity index (χ3n) is 3.50. The molecular weight excluding hydrogens is 376 g/mol. The Balaban J connectivity index is 1.89. The molecule has 0 aromatic heterocycles. The van der Waals surface area contributed by atoms with E-state index in [1.807, 2.05) is 18.2 Å². The van der Waals surface area contributed by atoms with E-state index in [1.54, 1.807) is 0 Å². The van der Waals surface area contributed by atoms with Gasteiger partial charge in [0, 0.05) is 11.6 Å². The van der Waals surface area contributed by atoms with Crippen molar-refractivity contribution in [1.82, 2.24) is 5.32 Å². The molecule has 0 radical (unpaired) electrons. The highest BCUT2D eigenvalue weighted by molar-refractivity contribution is 9.10. The largest absolute Gasteiger partial charge is 0.488 e. The molecular formula is C18H22BrClN2O. The summed E-state index contributed by atoms with van der Waals surface area (Å²) in [5, 5.41) is 4.11. The van der Waals surface area contributed by atoms with E-state index in [4.69, 9.17) is 22.1 Å². The molecule has 5 heteroatoms. The van der Waals surface area contributed by atoms with Gasteiger partial charge in [0.1, 0.15) is 12.4 Å². The lowest BCUT2D eigenvalue weighted by atomic mass is 10.1. The van der Waals surface area contributed by atoms with Crippen LogP contribution in [0.25, 0.3) is 0 Å². The number of nitrogens with one attached hydrogen (secondary N) is 1. The van der Waals surface area contributed by atoms with Crippen molar-refractivity contribution >= 4 is 27.5 Å². The molecule has 1 unspecified atom stereocenters. The van der Waals surface area contributed by atoms with Gasteiger partial charge >= 0.3 is 0 Å². The second-order valence-electron chi connectivity index (χ2n) is 5.66. The van der Waals surface area contributed by atoms with E-state index in [0.717, 1.165) is 28.9 Å². The Labute approximate surface area is 151 Å². The van der Waals surface area contributed by atoms with Crippen LogP contribution in [-0.2, 0) is 13.2 Å². The zero-order valence-corrected chi connectivity index (χ0v) is 15.5. The number of nitrogens with two attached hydrogens (primary N) is 1. The lowest BCUT2D eigenvalue weighted by Gasteiger charge is -2.12. The Morgan fingerprint density at radius 1 is 1.22 bits per heavy atom. The topological polar surface area (TPSA) is 47.3 Å². The first-order valence-corrected chi connectivity index (χ1v) is 8.82. The minimum atomic E-state index is 0.490. The summed E-state index contributed by atoms with van der Waals surface area (Å²) < 4.78 is 6.71. The smallest absolute Gasteiger partial charge is 0.134 e. The molecule has 2 aromatic rings. The third kappa shape index (κ3) is 6.15. The van der Waals surface area contributed by atoms with Crippen LogP contribution in [0.3, 0.4) is 0 Å². The fourth-order valence-electron chi connectivity index (χ4n) is 2.13. The predicted octanol–water partition coefficient (Wildman–Crippen LogP) is 4.37. The van der Waals surface area contributed by atoms with Crippen LogP contribution in [0.5, 0.6) is 5.75 Å². The van der Waals surface area contributed by atoms with Crippen molar-refractivity contribution in [3.8, 4) is 5.75 Å². The van der Waals surface area contributed by atoms with Gasteiger partial charge in [0.25, 0.3) is 0 Å². The molecule has 0 saturated carbocycles. The quantitative estimate of drug-likeness (QED) is 0.695. The molecule has 0 amide bonds. The van der Waals surface area contributed by atoms with Crippen LogP contribution in [0.2, 0.25) is 5.02 Å². The van der Waals surface area contributed by atoms with Crippen molar-refractivity contribution < 1.29 is 4.74 Å². The van der Waals surface area contributed by atoms with Crippen LogP contribution in [0, 0.1) is 5.92 Å². The third-order valence-corrected chi connectivity index (χ3v) is 4.36. The van der Waals surface area contributed by atoms with Gasteiger partial charge in [0.05, 0.1) is 4.47 Å². The van der Waals surface area contributed by atoms with E-state index in [2.05, 4.69) is 52.4 Å². The molecule has 0 heterocycles. The van der Waals surface area contributed by atoms with E-state index in [1.165, 1.54) is 5.56 Å². The number of halogens is 2. The molecule has 0 aliphatic rings. The van der Waals surface area contributed by atoms with Crippen molar-refractivity contribution in [3.63, 3.8) is 0 Å². The molecule has 2 aromatic carbocycles. The Kier molecular flexibility index (Phi) is 7.37. The number of benzene rings is 2. The monoisotopic (exact) mass is 396 g/mol. The van der Waals surface area contributed by atoms with Crippen LogP contribution in [0.15, 0.2) is 46.9 Å². The first-order valence-electron chi connectivity index (χ1n) is 7.65. The van der Waals surface area contributed by atoms with Gasteiger partial charge in [0.15, 0.2) is 0 Å². The molecule has 3 nitrogen and oxygen atoms in total. The highest BCUT2D eigenvalue weighted by Gasteiger charge is 2.04. The zero-order valence-electron chi connectivity index (χ0n) is 13.2. The molecule has 0 saturated heterocycles. The van der Waals surface area contributed by atoms with Gasteiger partial charge in [-0.25, -0.2) is 0 Å². The highest BCUT2D eigenvalue weighted by atomic mass is 79.9. The summed E-state index contributed by atoms with van der Waals surface area (Å²) >= 11 is 9.40. The van der Waals surface area contributed by atoms with Crippen molar-refractivity contribution in [1.29, 1.82) is 0 Å². The maximum absolute atomic E-state index is 5.94. The van der Waals surface area contributed by atoms with Gasteiger partial charge in [-0.05, 0) is 64.3 Å². The van der Waals surface area contributed by atoms with Crippen LogP contribution in [0.1, 0.15) is 18.1 Å². The first-order chi connectivity index (χ1) is 11.1.